The third kappa shape index (κ3) is 5.07. The number of hydrogen-bond acceptors (Lipinski definition) is 7. The van der Waals surface area contributed by atoms with Crippen molar-refractivity contribution in [3.63, 3.8) is 0 Å². The molecule has 7 nitrogen and oxygen atoms in total. The van der Waals surface area contributed by atoms with E-state index < -0.39 is 5.41 Å². The normalized spacial score (nSPS) is 13.7. The lowest BCUT2D eigenvalue weighted by molar-refractivity contribution is -0.133. The largest absolute Gasteiger partial charge is 0.493 e. The molecule has 1 saturated carbocycles. The lowest BCUT2D eigenvalue weighted by Gasteiger charge is -2.14. The number of aromatic nitrogens is 2. The standard InChI is InChI=1S/C30H27FN2O5/c1-18-32-24-17-26(37-3)25(36-2)16-23(24)29(33-18)38-22-10-6-20(7-11-22)15-28(35)30(12-13-30)27(34)14-19-4-8-21(31)9-5-19/h4-11,16-17H,12-15H2,1-3H3. The second kappa shape index (κ2) is 10.2. The van der Waals surface area contributed by atoms with E-state index in [2.05, 4.69) is 9.97 Å². The zero-order valence-electron chi connectivity index (χ0n) is 21.4. The highest BCUT2D eigenvalue weighted by Gasteiger charge is 2.54. The summed E-state index contributed by atoms with van der Waals surface area (Å²) in [5.74, 6) is 2.01. The number of fused-ring (bicyclic) bond motifs is 1. The maximum atomic E-state index is 13.2. The number of rotatable bonds is 10. The predicted molar refractivity (Wildman–Crippen MR) is 139 cm³/mol. The predicted octanol–water partition coefficient (Wildman–Crippen LogP) is 5.59. The molecule has 0 aliphatic heterocycles. The van der Waals surface area contributed by atoms with E-state index in [-0.39, 0.29) is 30.2 Å². The fourth-order valence-corrected chi connectivity index (χ4v) is 4.55. The van der Waals surface area contributed by atoms with Crippen LogP contribution in [0.5, 0.6) is 23.1 Å². The molecule has 5 rings (SSSR count). The topological polar surface area (TPSA) is 87.6 Å². The summed E-state index contributed by atoms with van der Waals surface area (Å²) in [5.41, 5.74) is 1.23. The Kier molecular flexibility index (Phi) is 6.80. The summed E-state index contributed by atoms with van der Waals surface area (Å²) in [6, 6.07) is 16.5. The molecule has 0 radical (unpaired) electrons. The Bertz CT molecular complexity index is 1510. The lowest BCUT2D eigenvalue weighted by Crippen LogP contribution is -2.28. The molecule has 0 saturated heterocycles. The smallest absolute Gasteiger partial charge is 0.230 e. The molecule has 1 heterocycles. The fourth-order valence-electron chi connectivity index (χ4n) is 4.55. The number of hydrogen-bond donors (Lipinski definition) is 0. The van der Waals surface area contributed by atoms with Gasteiger partial charge >= 0.3 is 0 Å². The van der Waals surface area contributed by atoms with Crippen molar-refractivity contribution in [1.82, 2.24) is 9.97 Å². The molecule has 0 N–H and O–H groups in total. The van der Waals surface area contributed by atoms with Gasteiger partial charge in [0.2, 0.25) is 5.88 Å². The van der Waals surface area contributed by atoms with Crippen molar-refractivity contribution >= 4 is 22.5 Å². The lowest BCUT2D eigenvalue weighted by atomic mass is 9.88. The van der Waals surface area contributed by atoms with Gasteiger partial charge in [-0.25, -0.2) is 9.37 Å². The van der Waals surface area contributed by atoms with E-state index >= 15 is 0 Å². The SMILES string of the molecule is COc1cc2nc(C)nc(Oc3ccc(CC(=O)C4(C(=O)Cc5ccc(F)cc5)CC4)cc3)c2cc1OC. The molecule has 3 aromatic carbocycles. The van der Waals surface area contributed by atoms with E-state index in [0.29, 0.717) is 58.3 Å². The van der Waals surface area contributed by atoms with Crippen molar-refractivity contribution in [2.24, 2.45) is 5.41 Å². The third-order valence-corrected chi connectivity index (χ3v) is 6.88. The van der Waals surface area contributed by atoms with Gasteiger partial charge in [0.05, 0.1) is 30.5 Å². The summed E-state index contributed by atoms with van der Waals surface area (Å²) >= 11 is 0. The highest BCUT2D eigenvalue weighted by Crippen LogP contribution is 2.49. The molecule has 1 aromatic heterocycles. The molecule has 0 atom stereocenters. The zero-order chi connectivity index (χ0) is 26.9. The first-order valence-corrected chi connectivity index (χ1v) is 12.3. The van der Waals surface area contributed by atoms with E-state index in [1.54, 1.807) is 57.5 Å². The molecule has 194 valence electrons. The highest BCUT2D eigenvalue weighted by molar-refractivity contribution is 6.10. The first kappa shape index (κ1) is 25.3. The van der Waals surface area contributed by atoms with Gasteiger partial charge < -0.3 is 14.2 Å². The van der Waals surface area contributed by atoms with Crippen molar-refractivity contribution in [2.45, 2.75) is 32.6 Å². The Morgan fingerprint density at radius 2 is 1.39 bits per heavy atom. The van der Waals surface area contributed by atoms with Crippen LogP contribution in [0.2, 0.25) is 0 Å². The Hall–Kier alpha value is -4.33. The van der Waals surface area contributed by atoms with E-state index in [0.717, 1.165) is 5.56 Å². The van der Waals surface area contributed by atoms with Crippen molar-refractivity contribution in [3.05, 3.63) is 83.4 Å². The molecular weight excluding hydrogens is 487 g/mol. The molecule has 0 spiro atoms. The molecule has 1 aliphatic carbocycles. The highest BCUT2D eigenvalue weighted by atomic mass is 19.1. The van der Waals surface area contributed by atoms with E-state index in [9.17, 15) is 14.0 Å². The van der Waals surface area contributed by atoms with Gasteiger partial charge in [0, 0.05) is 18.9 Å². The molecule has 1 aliphatic rings. The van der Waals surface area contributed by atoms with Gasteiger partial charge in [0.15, 0.2) is 23.1 Å². The van der Waals surface area contributed by atoms with Gasteiger partial charge in [0.25, 0.3) is 0 Å². The summed E-state index contributed by atoms with van der Waals surface area (Å²) in [4.78, 5) is 35.0. The second-order valence-corrected chi connectivity index (χ2v) is 9.45. The number of halogens is 1. The van der Waals surface area contributed by atoms with Crippen LogP contribution in [-0.2, 0) is 22.4 Å². The van der Waals surface area contributed by atoms with Gasteiger partial charge in [-0.3, -0.25) is 9.59 Å². The minimum atomic E-state index is -0.929. The number of ketones is 2. The number of Topliss-reactive ketones (excluding diaryl/α,β-unsaturated/α-hetero) is 2. The summed E-state index contributed by atoms with van der Waals surface area (Å²) in [7, 11) is 3.12. The average molecular weight is 515 g/mol. The molecule has 8 heteroatoms. The number of carbonyl (C=O) groups excluding carboxylic acids is 2. The Morgan fingerprint density at radius 1 is 0.842 bits per heavy atom. The molecule has 0 bridgehead atoms. The Morgan fingerprint density at radius 3 is 1.95 bits per heavy atom. The Labute approximate surface area is 219 Å². The van der Waals surface area contributed by atoms with Crippen LogP contribution in [0.3, 0.4) is 0 Å². The van der Waals surface area contributed by atoms with Crippen LogP contribution in [0, 0.1) is 18.2 Å². The average Bonchev–Trinajstić information content (AvgIpc) is 3.73. The first-order valence-electron chi connectivity index (χ1n) is 12.3. The molecule has 38 heavy (non-hydrogen) atoms. The third-order valence-electron chi connectivity index (χ3n) is 6.88. The minimum absolute atomic E-state index is 0.0864. The number of nitrogens with zero attached hydrogens (tertiary/aromatic N) is 2. The number of carbonyl (C=O) groups is 2. The van der Waals surface area contributed by atoms with Crippen LogP contribution in [0.15, 0.2) is 60.7 Å². The minimum Gasteiger partial charge on any atom is -0.493 e. The van der Waals surface area contributed by atoms with Crippen LogP contribution >= 0.6 is 0 Å². The Balaban J connectivity index is 1.29. The van der Waals surface area contributed by atoms with Gasteiger partial charge in [0.1, 0.15) is 17.4 Å². The summed E-state index contributed by atoms with van der Waals surface area (Å²) in [6.45, 7) is 1.78. The monoisotopic (exact) mass is 514 g/mol. The van der Waals surface area contributed by atoms with Crippen LogP contribution in [0.1, 0.15) is 29.8 Å². The van der Waals surface area contributed by atoms with Crippen molar-refractivity contribution in [1.29, 1.82) is 0 Å². The van der Waals surface area contributed by atoms with E-state index in [1.165, 1.54) is 12.1 Å². The fraction of sp³-hybridized carbons (Fsp3) is 0.267. The maximum absolute atomic E-state index is 13.2. The van der Waals surface area contributed by atoms with Gasteiger partial charge in [-0.2, -0.15) is 4.98 Å². The first-order chi connectivity index (χ1) is 18.3. The van der Waals surface area contributed by atoms with Crippen LogP contribution in [0.25, 0.3) is 10.9 Å². The zero-order valence-corrected chi connectivity index (χ0v) is 21.4. The maximum Gasteiger partial charge on any atom is 0.230 e. The van der Waals surface area contributed by atoms with Gasteiger partial charge in [-0.05, 0) is 61.2 Å². The molecule has 1 fully saturated rings. The summed E-state index contributed by atoms with van der Waals surface area (Å²) in [5, 5.41) is 0.669. The van der Waals surface area contributed by atoms with Gasteiger partial charge in [-0.15, -0.1) is 0 Å². The van der Waals surface area contributed by atoms with Crippen molar-refractivity contribution < 1.29 is 28.2 Å². The second-order valence-electron chi connectivity index (χ2n) is 9.45. The van der Waals surface area contributed by atoms with Crippen LogP contribution in [-0.4, -0.2) is 35.8 Å². The molecular formula is C30H27FN2O5. The molecule has 0 unspecified atom stereocenters. The van der Waals surface area contributed by atoms with Crippen LogP contribution < -0.4 is 14.2 Å². The van der Waals surface area contributed by atoms with Crippen LogP contribution in [0.4, 0.5) is 4.39 Å². The van der Waals surface area contributed by atoms with Gasteiger partial charge in [-0.1, -0.05) is 24.3 Å². The number of ether oxygens (including phenoxy) is 3. The quantitative estimate of drug-likeness (QED) is 0.255. The van der Waals surface area contributed by atoms with Crippen molar-refractivity contribution in [2.75, 3.05) is 14.2 Å². The number of benzene rings is 3. The van der Waals surface area contributed by atoms with E-state index in [4.69, 9.17) is 14.2 Å². The summed E-state index contributed by atoms with van der Waals surface area (Å²) < 4.78 is 30.0. The number of methoxy groups -OCH3 is 2. The summed E-state index contributed by atoms with van der Waals surface area (Å²) in [6.07, 6.45) is 1.40. The molecule has 0 amide bonds. The molecule has 4 aromatic rings. The number of aryl methyl sites for hydroxylation is 1. The van der Waals surface area contributed by atoms with Crippen molar-refractivity contribution in [3.8, 4) is 23.1 Å². The van der Waals surface area contributed by atoms with E-state index in [1.807, 2.05) is 12.1 Å².